The number of rotatable bonds is 7. The van der Waals surface area contributed by atoms with Crippen molar-refractivity contribution in [3.63, 3.8) is 0 Å². The van der Waals surface area contributed by atoms with E-state index in [4.69, 9.17) is 9.26 Å². The van der Waals surface area contributed by atoms with Crippen LogP contribution in [0.1, 0.15) is 11.3 Å². The van der Waals surface area contributed by atoms with Crippen molar-refractivity contribution in [3.8, 4) is 17.1 Å². The van der Waals surface area contributed by atoms with Gasteiger partial charge in [-0.3, -0.25) is 0 Å². The lowest BCUT2D eigenvalue weighted by molar-refractivity contribution is 0.401. The Hall–Kier alpha value is -2.84. The molecule has 0 aliphatic rings. The van der Waals surface area contributed by atoms with E-state index in [0.29, 0.717) is 11.3 Å². The second-order valence-electron chi connectivity index (χ2n) is 6.58. The van der Waals surface area contributed by atoms with Gasteiger partial charge in [0.25, 0.3) is 0 Å². The number of ether oxygens (including phenoxy) is 1. The molecule has 28 heavy (non-hydrogen) atoms. The number of nitrogens with one attached hydrogen (secondary N) is 1. The summed E-state index contributed by atoms with van der Waals surface area (Å²) >= 11 is 0. The largest absolute Gasteiger partial charge is 0.495 e. The average Bonchev–Trinajstić information content (AvgIpc) is 3.12. The maximum absolute atomic E-state index is 12.8. The molecule has 0 unspecified atom stereocenters. The van der Waals surface area contributed by atoms with Crippen LogP contribution < -0.4 is 14.4 Å². The third-order valence-electron chi connectivity index (χ3n) is 4.28. The molecular formula is C20H23N3O4S. The summed E-state index contributed by atoms with van der Waals surface area (Å²) in [6.07, 6.45) is 0. The molecule has 1 aromatic heterocycles. The van der Waals surface area contributed by atoms with Gasteiger partial charge in [0.1, 0.15) is 10.6 Å². The number of methoxy groups -OCH3 is 1. The van der Waals surface area contributed by atoms with Crippen molar-refractivity contribution in [2.45, 2.75) is 18.4 Å². The van der Waals surface area contributed by atoms with Crippen LogP contribution in [0.15, 0.2) is 57.9 Å². The predicted octanol–water partition coefficient (Wildman–Crippen LogP) is 3.20. The quantitative estimate of drug-likeness (QED) is 0.654. The molecule has 0 saturated heterocycles. The minimum absolute atomic E-state index is 0.0694. The van der Waals surface area contributed by atoms with Crippen LogP contribution in [-0.4, -0.2) is 34.8 Å². The molecule has 0 atom stereocenters. The van der Waals surface area contributed by atoms with E-state index in [1.165, 1.54) is 13.2 Å². The van der Waals surface area contributed by atoms with Crippen molar-refractivity contribution in [1.29, 1.82) is 0 Å². The van der Waals surface area contributed by atoms with Gasteiger partial charge in [-0.2, -0.15) is 0 Å². The van der Waals surface area contributed by atoms with Crippen LogP contribution in [0.5, 0.6) is 5.75 Å². The highest BCUT2D eigenvalue weighted by Gasteiger charge is 2.20. The van der Waals surface area contributed by atoms with Gasteiger partial charge in [-0.15, -0.1) is 0 Å². The standard InChI is InChI=1S/C20H23N3O4S/c1-14-11-18(27-22-14)16-7-10-20(19(12-16)26-4)28(24,25)21-13-15-5-8-17(9-6-15)23(2)3/h5-12,21H,13H2,1-4H3. The maximum Gasteiger partial charge on any atom is 0.244 e. The zero-order chi connectivity index (χ0) is 20.3. The molecule has 0 fully saturated rings. The maximum atomic E-state index is 12.8. The lowest BCUT2D eigenvalue weighted by atomic mass is 10.1. The fourth-order valence-electron chi connectivity index (χ4n) is 2.71. The minimum atomic E-state index is -3.75. The number of sulfonamides is 1. The van der Waals surface area contributed by atoms with E-state index in [2.05, 4.69) is 9.88 Å². The molecule has 1 N–H and O–H groups in total. The lowest BCUT2D eigenvalue weighted by Crippen LogP contribution is -2.23. The summed E-state index contributed by atoms with van der Waals surface area (Å²) in [5.41, 5.74) is 3.34. The van der Waals surface area contributed by atoms with Gasteiger partial charge in [-0.25, -0.2) is 13.1 Å². The Morgan fingerprint density at radius 2 is 1.82 bits per heavy atom. The number of aromatic nitrogens is 1. The van der Waals surface area contributed by atoms with Crippen LogP contribution in [0.25, 0.3) is 11.3 Å². The Morgan fingerprint density at radius 3 is 2.39 bits per heavy atom. The average molecular weight is 401 g/mol. The zero-order valence-electron chi connectivity index (χ0n) is 16.3. The number of hydrogen-bond acceptors (Lipinski definition) is 6. The monoisotopic (exact) mass is 401 g/mol. The second kappa shape index (κ2) is 8.04. The van der Waals surface area contributed by atoms with E-state index in [9.17, 15) is 8.42 Å². The van der Waals surface area contributed by atoms with Crippen LogP contribution in [-0.2, 0) is 16.6 Å². The number of anilines is 1. The van der Waals surface area contributed by atoms with E-state index >= 15 is 0 Å². The predicted molar refractivity (Wildman–Crippen MR) is 108 cm³/mol. The van der Waals surface area contributed by atoms with Gasteiger partial charge < -0.3 is 14.2 Å². The van der Waals surface area contributed by atoms with Crippen LogP contribution in [0.4, 0.5) is 5.69 Å². The van der Waals surface area contributed by atoms with E-state index in [0.717, 1.165) is 16.9 Å². The summed E-state index contributed by atoms with van der Waals surface area (Å²) in [6.45, 7) is 2.00. The third kappa shape index (κ3) is 4.35. The Morgan fingerprint density at radius 1 is 1.11 bits per heavy atom. The van der Waals surface area contributed by atoms with Gasteiger partial charge in [-0.05, 0) is 42.8 Å². The number of nitrogens with zero attached hydrogens (tertiary/aromatic N) is 2. The second-order valence-corrected chi connectivity index (χ2v) is 8.32. The van der Waals surface area contributed by atoms with Gasteiger partial charge in [0.15, 0.2) is 5.76 Å². The normalized spacial score (nSPS) is 11.4. The molecule has 0 bridgehead atoms. The number of hydrogen-bond donors (Lipinski definition) is 1. The first-order chi connectivity index (χ1) is 13.3. The Labute approximate surface area is 165 Å². The van der Waals surface area contributed by atoms with Gasteiger partial charge in [0.05, 0.1) is 12.8 Å². The highest BCUT2D eigenvalue weighted by Crippen LogP contribution is 2.30. The third-order valence-corrected chi connectivity index (χ3v) is 5.73. The Bertz CT molecular complexity index is 1060. The summed E-state index contributed by atoms with van der Waals surface area (Å²) in [6, 6.07) is 14.2. The smallest absolute Gasteiger partial charge is 0.244 e. The van der Waals surface area contributed by atoms with E-state index in [1.54, 1.807) is 18.2 Å². The molecule has 1 heterocycles. The van der Waals surface area contributed by atoms with Gasteiger partial charge in [-0.1, -0.05) is 17.3 Å². The minimum Gasteiger partial charge on any atom is -0.495 e. The van der Waals surface area contributed by atoms with Crippen molar-refractivity contribution in [2.24, 2.45) is 0 Å². The first kappa shape index (κ1) is 19.9. The van der Waals surface area contributed by atoms with E-state index < -0.39 is 10.0 Å². The van der Waals surface area contributed by atoms with Crippen molar-refractivity contribution < 1.29 is 17.7 Å². The van der Waals surface area contributed by atoms with E-state index in [-0.39, 0.29) is 17.2 Å². The van der Waals surface area contributed by atoms with Crippen LogP contribution in [0, 0.1) is 6.92 Å². The molecular weight excluding hydrogens is 378 g/mol. The molecule has 0 saturated carbocycles. The van der Waals surface area contributed by atoms with Gasteiger partial charge >= 0.3 is 0 Å². The number of benzene rings is 2. The molecule has 0 radical (unpaired) electrons. The molecule has 7 nitrogen and oxygen atoms in total. The SMILES string of the molecule is COc1cc(-c2cc(C)no2)ccc1S(=O)(=O)NCc1ccc(N(C)C)cc1. The van der Waals surface area contributed by atoms with Crippen molar-refractivity contribution in [2.75, 3.05) is 26.1 Å². The summed E-state index contributed by atoms with van der Waals surface area (Å²) in [7, 11) is 1.59. The summed E-state index contributed by atoms with van der Waals surface area (Å²) < 4.78 is 38.7. The van der Waals surface area contributed by atoms with Crippen LogP contribution in [0.3, 0.4) is 0 Å². The summed E-state index contributed by atoms with van der Waals surface area (Å²) in [4.78, 5) is 2.05. The van der Waals surface area contributed by atoms with Crippen LogP contribution in [0.2, 0.25) is 0 Å². The fraction of sp³-hybridized carbons (Fsp3) is 0.250. The zero-order valence-corrected chi connectivity index (χ0v) is 17.1. The fourth-order valence-corrected chi connectivity index (χ4v) is 3.88. The van der Waals surface area contributed by atoms with Crippen molar-refractivity contribution in [3.05, 3.63) is 59.8 Å². The molecule has 0 amide bonds. The highest BCUT2D eigenvalue weighted by atomic mass is 32.2. The van der Waals surface area contributed by atoms with Gasteiger partial charge in [0.2, 0.25) is 10.0 Å². The highest BCUT2D eigenvalue weighted by molar-refractivity contribution is 7.89. The lowest BCUT2D eigenvalue weighted by Gasteiger charge is -2.14. The Kier molecular flexibility index (Phi) is 5.71. The molecule has 3 rings (SSSR count). The molecule has 0 spiro atoms. The molecule has 3 aromatic rings. The summed E-state index contributed by atoms with van der Waals surface area (Å²) in [5.74, 6) is 0.788. The van der Waals surface area contributed by atoms with Crippen molar-refractivity contribution in [1.82, 2.24) is 9.88 Å². The summed E-state index contributed by atoms with van der Waals surface area (Å²) in [5, 5.41) is 3.85. The molecule has 2 aromatic carbocycles. The molecule has 0 aliphatic heterocycles. The molecule has 0 aliphatic carbocycles. The van der Waals surface area contributed by atoms with Crippen LogP contribution >= 0.6 is 0 Å². The first-order valence-electron chi connectivity index (χ1n) is 8.68. The van der Waals surface area contributed by atoms with Gasteiger partial charge in [0, 0.05) is 38.0 Å². The molecule has 148 valence electrons. The first-order valence-corrected chi connectivity index (χ1v) is 10.2. The molecule has 8 heteroatoms. The van der Waals surface area contributed by atoms with E-state index in [1.807, 2.05) is 50.2 Å². The number of aryl methyl sites for hydroxylation is 1. The Balaban J connectivity index is 1.80. The topological polar surface area (TPSA) is 84.7 Å². The van der Waals surface area contributed by atoms with Crippen molar-refractivity contribution >= 4 is 15.7 Å².